The number of benzene rings is 1. The van der Waals surface area contributed by atoms with E-state index in [9.17, 15) is 9.59 Å². The number of piperidine rings is 1. The molecule has 0 atom stereocenters. The number of nitrogens with one attached hydrogen (secondary N) is 1. The minimum absolute atomic E-state index is 0.0256. The third-order valence-corrected chi connectivity index (χ3v) is 4.65. The number of hydrogen-bond donors (Lipinski definition) is 1. The van der Waals surface area contributed by atoms with Crippen LogP contribution in [0.15, 0.2) is 36.5 Å². The van der Waals surface area contributed by atoms with Crippen molar-refractivity contribution in [1.82, 2.24) is 9.88 Å². The maximum atomic E-state index is 12.6. The molecule has 25 heavy (non-hydrogen) atoms. The Labute approximate surface area is 148 Å². The van der Waals surface area contributed by atoms with Crippen LogP contribution in [-0.2, 0) is 0 Å². The van der Waals surface area contributed by atoms with Crippen molar-refractivity contribution in [2.24, 2.45) is 0 Å². The van der Waals surface area contributed by atoms with Crippen LogP contribution in [0.2, 0.25) is 0 Å². The maximum absolute atomic E-state index is 12.6. The van der Waals surface area contributed by atoms with Gasteiger partial charge in [0, 0.05) is 30.5 Å². The van der Waals surface area contributed by atoms with Crippen LogP contribution >= 0.6 is 0 Å². The maximum Gasteiger partial charge on any atom is 0.274 e. The van der Waals surface area contributed by atoms with E-state index in [1.165, 1.54) is 18.2 Å². The van der Waals surface area contributed by atoms with E-state index in [0.29, 0.717) is 5.56 Å². The number of carbonyl (C=O) groups excluding carboxylic acids is 2. The molecule has 1 saturated heterocycles. The molecule has 1 aliphatic rings. The van der Waals surface area contributed by atoms with Crippen LogP contribution in [-0.4, -0.2) is 34.8 Å². The van der Waals surface area contributed by atoms with Crippen molar-refractivity contribution in [3.63, 3.8) is 0 Å². The third-order valence-electron chi connectivity index (χ3n) is 4.65. The van der Waals surface area contributed by atoms with Crippen LogP contribution in [0.3, 0.4) is 0 Å². The highest BCUT2D eigenvalue weighted by atomic mass is 16.2. The molecule has 3 rings (SSSR count). The van der Waals surface area contributed by atoms with Gasteiger partial charge in [0.15, 0.2) is 0 Å². The van der Waals surface area contributed by atoms with E-state index in [0.717, 1.165) is 37.2 Å². The summed E-state index contributed by atoms with van der Waals surface area (Å²) < 4.78 is 0. The zero-order valence-corrected chi connectivity index (χ0v) is 14.7. The number of amides is 2. The van der Waals surface area contributed by atoms with Gasteiger partial charge in [-0.3, -0.25) is 14.6 Å². The van der Waals surface area contributed by atoms with Crippen LogP contribution in [0.25, 0.3) is 0 Å². The van der Waals surface area contributed by atoms with Crippen molar-refractivity contribution < 1.29 is 9.59 Å². The molecule has 130 valence electrons. The van der Waals surface area contributed by atoms with Crippen molar-refractivity contribution in [2.75, 3.05) is 18.4 Å². The van der Waals surface area contributed by atoms with E-state index in [1.807, 2.05) is 36.9 Å². The Morgan fingerprint density at radius 3 is 2.48 bits per heavy atom. The second-order valence-corrected chi connectivity index (χ2v) is 6.54. The molecule has 1 fully saturated rings. The Kier molecular flexibility index (Phi) is 5.12. The summed E-state index contributed by atoms with van der Waals surface area (Å²) in [6.45, 7) is 5.59. The molecule has 2 aromatic rings. The summed E-state index contributed by atoms with van der Waals surface area (Å²) >= 11 is 0. The topological polar surface area (TPSA) is 62.3 Å². The number of likely N-dealkylation sites (tertiary alicyclic amines) is 1. The molecular weight excluding hydrogens is 314 g/mol. The molecule has 2 amide bonds. The van der Waals surface area contributed by atoms with Gasteiger partial charge in [-0.15, -0.1) is 0 Å². The lowest BCUT2D eigenvalue weighted by molar-refractivity contribution is 0.0724. The first-order valence-electron chi connectivity index (χ1n) is 8.68. The number of anilines is 1. The van der Waals surface area contributed by atoms with Crippen LogP contribution in [0, 0.1) is 13.8 Å². The van der Waals surface area contributed by atoms with Gasteiger partial charge in [0.05, 0.1) is 0 Å². The van der Waals surface area contributed by atoms with Crippen molar-refractivity contribution in [2.45, 2.75) is 33.1 Å². The summed E-state index contributed by atoms with van der Waals surface area (Å²) in [5.41, 5.74) is 3.77. The lowest BCUT2D eigenvalue weighted by Crippen LogP contribution is -2.35. The first-order valence-corrected chi connectivity index (χ1v) is 8.68. The number of aryl methyl sites for hydroxylation is 2. The van der Waals surface area contributed by atoms with Gasteiger partial charge in [0.1, 0.15) is 5.69 Å². The molecule has 2 heterocycles. The first kappa shape index (κ1) is 17.1. The summed E-state index contributed by atoms with van der Waals surface area (Å²) in [5.74, 6) is -0.334. The summed E-state index contributed by atoms with van der Waals surface area (Å²) in [6, 6.07) is 9.00. The predicted molar refractivity (Wildman–Crippen MR) is 97.9 cm³/mol. The van der Waals surface area contributed by atoms with Crippen molar-refractivity contribution in [3.05, 3.63) is 58.9 Å². The van der Waals surface area contributed by atoms with Crippen molar-refractivity contribution >= 4 is 17.5 Å². The summed E-state index contributed by atoms with van der Waals surface area (Å²) in [5, 5.41) is 2.85. The fraction of sp³-hybridized carbons (Fsp3) is 0.350. The average Bonchev–Trinajstić information content (AvgIpc) is 2.65. The van der Waals surface area contributed by atoms with Gasteiger partial charge in [0.25, 0.3) is 11.8 Å². The molecule has 5 nitrogen and oxygen atoms in total. The highest BCUT2D eigenvalue weighted by molar-refractivity contribution is 6.04. The van der Waals surface area contributed by atoms with E-state index < -0.39 is 0 Å². The number of hydrogen-bond acceptors (Lipinski definition) is 3. The fourth-order valence-electron chi connectivity index (χ4n) is 2.98. The number of aromatic nitrogens is 1. The van der Waals surface area contributed by atoms with Gasteiger partial charge >= 0.3 is 0 Å². The van der Waals surface area contributed by atoms with Crippen LogP contribution in [0.5, 0.6) is 0 Å². The number of rotatable bonds is 3. The Morgan fingerprint density at radius 2 is 1.76 bits per heavy atom. The zero-order chi connectivity index (χ0) is 17.8. The zero-order valence-electron chi connectivity index (χ0n) is 14.7. The Hall–Kier alpha value is -2.69. The normalized spacial score (nSPS) is 14.2. The third kappa shape index (κ3) is 4.05. The van der Waals surface area contributed by atoms with E-state index in [4.69, 9.17) is 0 Å². The minimum atomic E-state index is -0.309. The number of pyridine rings is 1. The van der Waals surface area contributed by atoms with Crippen LogP contribution in [0.4, 0.5) is 5.69 Å². The monoisotopic (exact) mass is 337 g/mol. The van der Waals surface area contributed by atoms with Crippen LogP contribution < -0.4 is 5.32 Å². The Morgan fingerprint density at radius 1 is 1.00 bits per heavy atom. The molecule has 1 aliphatic heterocycles. The van der Waals surface area contributed by atoms with Gasteiger partial charge in [-0.25, -0.2) is 0 Å². The molecule has 0 bridgehead atoms. The quantitative estimate of drug-likeness (QED) is 0.931. The lowest BCUT2D eigenvalue weighted by atomic mass is 10.1. The SMILES string of the molecule is Cc1ccc(NC(=O)c2cc(C(=O)N3CCCCC3)ccn2)cc1C. The smallest absolute Gasteiger partial charge is 0.274 e. The largest absolute Gasteiger partial charge is 0.339 e. The molecule has 0 spiro atoms. The molecule has 1 N–H and O–H groups in total. The summed E-state index contributed by atoms with van der Waals surface area (Å²) in [6.07, 6.45) is 4.77. The predicted octanol–water partition coefficient (Wildman–Crippen LogP) is 3.58. The summed E-state index contributed by atoms with van der Waals surface area (Å²) in [7, 11) is 0. The van der Waals surface area contributed by atoms with E-state index >= 15 is 0 Å². The highest BCUT2D eigenvalue weighted by Gasteiger charge is 2.19. The van der Waals surface area contributed by atoms with Gasteiger partial charge in [-0.05, 0) is 68.5 Å². The molecule has 0 unspecified atom stereocenters. The second kappa shape index (κ2) is 7.47. The molecule has 0 radical (unpaired) electrons. The average molecular weight is 337 g/mol. The number of nitrogens with zero attached hydrogens (tertiary/aromatic N) is 2. The molecule has 0 aliphatic carbocycles. The van der Waals surface area contributed by atoms with E-state index in [1.54, 1.807) is 12.1 Å². The minimum Gasteiger partial charge on any atom is -0.339 e. The van der Waals surface area contributed by atoms with Crippen LogP contribution in [0.1, 0.15) is 51.2 Å². The summed E-state index contributed by atoms with van der Waals surface area (Å²) in [4.78, 5) is 31.0. The van der Waals surface area contributed by atoms with Gasteiger partial charge in [-0.1, -0.05) is 6.07 Å². The van der Waals surface area contributed by atoms with Gasteiger partial charge < -0.3 is 10.2 Å². The molecule has 1 aromatic heterocycles. The Bertz CT molecular complexity index is 795. The van der Waals surface area contributed by atoms with Crippen molar-refractivity contribution in [3.8, 4) is 0 Å². The van der Waals surface area contributed by atoms with Gasteiger partial charge in [-0.2, -0.15) is 0 Å². The second-order valence-electron chi connectivity index (χ2n) is 6.54. The van der Waals surface area contributed by atoms with E-state index in [2.05, 4.69) is 10.3 Å². The molecule has 0 saturated carbocycles. The van der Waals surface area contributed by atoms with E-state index in [-0.39, 0.29) is 17.5 Å². The lowest BCUT2D eigenvalue weighted by Gasteiger charge is -2.26. The molecular formula is C20H23N3O2. The first-order chi connectivity index (χ1) is 12.0. The number of carbonyl (C=O) groups is 2. The Balaban J connectivity index is 1.74. The molecule has 1 aromatic carbocycles. The molecule has 5 heteroatoms. The van der Waals surface area contributed by atoms with Gasteiger partial charge in [0.2, 0.25) is 0 Å². The standard InChI is InChI=1S/C20H23N3O2/c1-14-6-7-17(12-15(14)2)22-19(24)18-13-16(8-9-21-18)20(25)23-10-4-3-5-11-23/h6-9,12-13H,3-5,10-11H2,1-2H3,(H,22,24). The van der Waals surface area contributed by atoms with Crippen molar-refractivity contribution in [1.29, 1.82) is 0 Å². The fourth-order valence-corrected chi connectivity index (χ4v) is 2.98. The highest BCUT2D eigenvalue weighted by Crippen LogP contribution is 2.16.